The molecule has 0 saturated heterocycles. The minimum absolute atomic E-state index is 0.104. The molecule has 0 saturated carbocycles. The molecular formula is C15H16FNO3. The fourth-order valence-electron chi connectivity index (χ4n) is 2.07. The minimum atomic E-state index is -1.11. The van der Waals surface area contributed by atoms with E-state index >= 15 is 0 Å². The molecule has 1 aromatic heterocycles. The molecular weight excluding hydrogens is 261 g/mol. The molecule has 1 aromatic carbocycles. The van der Waals surface area contributed by atoms with Crippen LogP contribution in [0.15, 0.2) is 40.8 Å². The lowest BCUT2D eigenvalue weighted by atomic mass is 10.1. The monoisotopic (exact) mass is 277 g/mol. The highest BCUT2D eigenvalue weighted by molar-refractivity contribution is 5.84. The fraction of sp³-hybridized carbons (Fsp3) is 0.267. The highest BCUT2D eigenvalue weighted by Gasteiger charge is 2.18. The molecule has 0 aliphatic carbocycles. The second-order valence-corrected chi connectivity index (χ2v) is 4.64. The summed E-state index contributed by atoms with van der Waals surface area (Å²) in [5.74, 6) is -0.978. The van der Waals surface area contributed by atoms with Crippen molar-refractivity contribution in [1.29, 1.82) is 0 Å². The lowest BCUT2D eigenvalue weighted by Gasteiger charge is -2.19. The molecule has 5 heteroatoms. The first-order chi connectivity index (χ1) is 9.49. The predicted molar refractivity (Wildman–Crippen MR) is 72.0 cm³/mol. The van der Waals surface area contributed by atoms with Gasteiger partial charge in [0.15, 0.2) is 0 Å². The predicted octanol–water partition coefficient (Wildman–Crippen LogP) is 3.53. The molecule has 0 aliphatic heterocycles. The van der Waals surface area contributed by atoms with Crippen molar-refractivity contribution in [1.82, 2.24) is 5.32 Å². The Morgan fingerprint density at radius 3 is 2.50 bits per heavy atom. The van der Waals surface area contributed by atoms with E-state index in [4.69, 9.17) is 9.52 Å². The number of carboxylic acids is 1. The number of hydrogen-bond donors (Lipinski definition) is 2. The van der Waals surface area contributed by atoms with Gasteiger partial charge in [-0.3, -0.25) is 0 Å². The van der Waals surface area contributed by atoms with Crippen LogP contribution in [0.5, 0.6) is 0 Å². The molecule has 0 amide bonds. The molecule has 2 unspecified atom stereocenters. The van der Waals surface area contributed by atoms with Gasteiger partial charge in [-0.05, 0) is 32.0 Å². The maximum atomic E-state index is 13.7. The van der Waals surface area contributed by atoms with Crippen molar-refractivity contribution in [2.45, 2.75) is 25.9 Å². The smallest absolute Gasteiger partial charge is 0.371 e. The van der Waals surface area contributed by atoms with Gasteiger partial charge >= 0.3 is 5.97 Å². The summed E-state index contributed by atoms with van der Waals surface area (Å²) in [5.41, 5.74) is 0.560. The summed E-state index contributed by atoms with van der Waals surface area (Å²) >= 11 is 0. The fourth-order valence-corrected chi connectivity index (χ4v) is 2.07. The lowest BCUT2D eigenvalue weighted by molar-refractivity contribution is 0.0659. The summed E-state index contributed by atoms with van der Waals surface area (Å²) in [6, 6.07) is 9.11. The van der Waals surface area contributed by atoms with E-state index in [-0.39, 0.29) is 23.7 Å². The molecule has 0 radical (unpaired) electrons. The van der Waals surface area contributed by atoms with E-state index < -0.39 is 5.97 Å². The Labute approximate surface area is 116 Å². The highest BCUT2D eigenvalue weighted by Crippen LogP contribution is 2.22. The first-order valence-corrected chi connectivity index (χ1v) is 6.32. The molecule has 0 fully saturated rings. The zero-order valence-corrected chi connectivity index (χ0v) is 11.3. The van der Waals surface area contributed by atoms with E-state index in [9.17, 15) is 9.18 Å². The Hall–Kier alpha value is -2.14. The van der Waals surface area contributed by atoms with Gasteiger partial charge in [0.2, 0.25) is 5.76 Å². The standard InChI is InChI=1S/C15H16FNO3/c1-9(11-5-3-4-6-12(11)16)17-10(2)13-7-8-14(20-13)15(18)19/h3-10,17H,1-2H3,(H,18,19). The molecule has 2 rings (SSSR count). The number of benzene rings is 1. The Bertz CT molecular complexity index is 609. The van der Waals surface area contributed by atoms with Gasteiger partial charge in [-0.15, -0.1) is 0 Å². The summed E-state index contributed by atoms with van der Waals surface area (Å²) < 4.78 is 18.9. The SMILES string of the molecule is CC(NC(C)c1ccccc1F)c1ccc(C(=O)O)o1. The third-order valence-corrected chi connectivity index (χ3v) is 3.14. The number of hydrogen-bond acceptors (Lipinski definition) is 3. The molecule has 0 spiro atoms. The molecule has 2 aromatic rings. The van der Waals surface area contributed by atoms with E-state index in [1.165, 1.54) is 12.1 Å². The number of halogens is 1. The van der Waals surface area contributed by atoms with Gasteiger partial charge in [0, 0.05) is 11.6 Å². The van der Waals surface area contributed by atoms with E-state index in [0.29, 0.717) is 11.3 Å². The largest absolute Gasteiger partial charge is 0.475 e. The normalized spacial score (nSPS) is 13.9. The number of furan rings is 1. The Kier molecular flexibility index (Phi) is 4.20. The van der Waals surface area contributed by atoms with E-state index in [1.54, 1.807) is 24.3 Å². The molecule has 0 bridgehead atoms. The van der Waals surface area contributed by atoms with Crippen LogP contribution in [0.3, 0.4) is 0 Å². The van der Waals surface area contributed by atoms with E-state index in [2.05, 4.69) is 5.32 Å². The third-order valence-electron chi connectivity index (χ3n) is 3.14. The molecule has 20 heavy (non-hydrogen) atoms. The quantitative estimate of drug-likeness (QED) is 0.877. The van der Waals surface area contributed by atoms with Gasteiger partial charge in [0.05, 0.1) is 6.04 Å². The van der Waals surface area contributed by atoms with Crippen molar-refractivity contribution in [2.75, 3.05) is 0 Å². The van der Waals surface area contributed by atoms with Crippen LogP contribution >= 0.6 is 0 Å². The molecule has 1 heterocycles. The zero-order chi connectivity index (χ0) is 14.7. The number of carbonyl (C=O) groups is 1. The zero-order valence-electron chi connectivity index (χ0n) is 11.3. The number of rotatable bonds is 5. The van der Waals surface area contributed by atoms with Crippen molar-refractivity contribution in [2.24, 2.45) is 0 Å². The minimum Gasteiger partial charge on any atom is -0.475 e. The summed E-state index contributed by atoms with van der Waals surface area (Å²) in [4.78, 5) is 10.8. The van der Waals surface area contributed by atoms with Crippen LogP contribution in [-0.4, -0.2) is 11.1 Å². The second kappa shape index (κ2) is 5.88. The highest BCUT2D eigenvalue weighted by atomic mass is 19.1. The van der Waals surface area contributed by atoms with Gasteiger partial charge in [0.1, 0.15) is 11.6 Å². The van der Waals surface area contributed by atoms with Crippen LogP contribution < -0.4 is 5.32 Å². The first-order valence-electron chi connectivity index (χ1n) is 6.32. The average molecular weight is 277 g/mol. The molecule has 106 valence electrons. The molecule has 4 nitrogen and oxygen atoms in total. The number of carboxylic acid groups (broad SMARTS) is 1. The van der Waals surface area contributed by atoms with Gasteiger partial charge in [-0.25, -0.2) is 9.18 Å². The topological polar surface area (TPSA) is 62.5 Å². The Morgan fingerprint density at radius 2 is 1.90 bits per heavy atom. The van der Waals surface area contributed by atoms with Crippen LogP contribution in [0.4, 0.5) is 4.39 Å². The summed E-state index contributed by atoms with van der Waals surface area (Å²) in [7, 11) is 0. The van der Waals surface area contributed by atoms with Gasteiger partial charge in [-0.2, -0.15) is 0 Å². The van der Waals surface area contributed by atoms with Crippen molar-refractivity contribution in [3.05, 3.63) is 59.3 Å². The van der Waals surface area contributed by atoms with Crippen molar-refractivity contribution >= 4 is 5.97 Å². The van der Waals surface area contributed by atoms with Crippen molar-refractivity contribution < 1.29 is 18.7 Å². The Morgan fingerprint density at radius 1 is 1.20 bits per heavy atom. The van der Waals surface area contributed by atoms with Crippen molar-refractivity contribution in [3.8, 4) is 0 Å². The third kappa shape index (κ3) is 3.05. The summed E-state index contributed by atoms with van der Waals surface area (Å²) in [5, 5.41) is 12.0. The lowest BCUT2D eigenvalue weighted by Crippen LogP contribution is -2.22. The van der Waals surface area contributed by atoms with Gasteiger partial charge < -0.3 is 14.8 Å². The molecule has 0 aliphatic rings. The number of nitrogens with one attached hydrogen (secondary N) is 1. The summed E-state index contributed by atoms with van der Waals surface area (Å²) in [6.45, 7) is 3.68. The second-order valence-electron chi connectivity index (χ2n) is 4.64. The molecule has 2 N–H and O–H groups in total. The van der Waals surface area contributed by atoms with Crippen LogP contribution in [0, 0.1) is 5.82 Å². The van der Waals surface area contributed by atoms with E-state index in [1.807, 2.05) is 13.8 Å². The maximum Gasteiger partial charge on any atom is 0.371 e. The van der Waals surface area contributed by atoms with Gasteiger partial charge in [-0.1, -0.05) is 18.2 Å². The van der Waals surface area contributed by atoms with Crippen LogP contribution in [0.1, 0.15) is 47.8 Å². The molecule has 2 atom stereocenters. The van der Waals surface area contributed by atoms with Crippen LogP contribution in [-0.2, 0) is 0 Å². The maximum absolute atomic E-state index is 13.7. The average Bonchev–Trinajstić information content (AvgIpc) is 2.88. The van der Waals surface area contributed by atoms with Crippen LogP contribution in [0.2, 0.25) is 0 Å². The Balaban J connectivity index is 2.09. The van der Waals surface area contributed by atoms with Crippen LogP contribution in [0.25, 0.3) is 0 Å². The summed E-state index contributed by atoms with van der Waals surface area (Å²) in [6.07, 6.45) is 0. The number of aromatic carboxylic acids is 1. The van der Waals surface area contributed by atoms with Gasteiger partial charge in [0.25, 0.3) is 0 Å². The first kappa shape index (κ1) is 14.3. The van der Waals surface area contributed by atoms with Crippen molar-refractivity contribution in [3.63, 3.8) is 0 Å². The van der Waals surface area contributed by atoms with E-state index in [0.717, 1.165) is 0 Å².